The van der Waals surface area contributed by atoms with Crippen molar-refractivity contribution in [1.82, 2.24) is 5.32 Å². The molecular weight excluding hydrogens is 257 g/mol. The molecule has 0 bridgehead atoms. The number of esters is 1. The summed E-state index contributed by atoms with van der Waals surface area (Å²) in [6, 6.07) is 3.05. The Morgan fingerprint density at radius 2 is 2.33 bits per heavy atom. The van der Waals surface area contributed by atoms with Gasteiger partial charge in [0.1, 0.15) is 11.9 Å². The summed E-state index contributed by atoms with van der Waals surface area (Å²) in [7, 11) is 0. The summed E-state index contributed by atoms with van der Waals surface area (Å²) in [5, 5.41) is 3.00. The lowest BCUT2D eigenvalue weighted by Gasteiger charge is -2.16. The van der Waals surface area contributed by atoms with Gasteiger partial charge in [-0.1, -0.05) is 17.5 Å². The van der Waals surface area contributed by atoms with E-state index in [1.807, 2.05) is 0 Å². The first-order valence-electron chi connectivity index (χ1n) is 5.38. The molecule has 18 heavy (non-hydrogen) atoms. The molecule has 0 radical (unpaired) electrons. The first-order chi connectivity index (χ1) is 8.58. The zero-order valence-corrected chi connectivity index (χ0v) is 10.6. The fourth-order valence-corrected chi connectivity index (χ4v) is 1.70. The predicted molar refractivity (Wildman–Crippen MR) is 67.6 cm³/mol. The van der Waals surface area contributed by atoms with E-state index in [0.717, 1.165) is 6.07 Å². The molecule has 5 heteroatoms. The van der Waals surface area contributed by atoms with Gasteiger partial charge in [-0.15, -0.1) is 6.42 Å². The average molecular weight is 270 g/mol. The fraction of sp³-hybridized carbons (Fsp3) is 0.308. The van der Waals surface area contributed by atoms with Gasteiger partial charge >= 0.3 is 5.97 Å². The summed E-state index contributed by atoms with van der Waals surface area (Å²) in [5.74, 6) is 1.31. The predicted octanol–water partition coefficient (Wildman–Crippen LogP) is 2.31. The van der Waals surface area contributed by atoms with Crippen molar-refractivity contribution >= 4 is 17.6 Å². The Morgan fingerprint density at radius 3 is 2.89 bits per heavy atom. The summed E-state index contributed by atoms with van der Waals surface area (Å²) in [6.07, 6.45) is 5.12. The Hall–Kier alpha value is -1.57. The molecule has 1 unspecified atom stereocenters. The number of ether oxygens (including phenoxy) is 1. The lowest BCUT2D eigenvalue weighted by molar-refractivity contribution is -0.145. The van der Waals surface area contributed by atoms with Gasteiger partial charge in [0.25, 0.3) is 0 Å². The Balaban J connectivity index is 3.01. The van der Waals surface area contributed by atoms with Gasteiger partial charge in [0, 0.05) is 5.02 Å². The summed E-state index contributed by atoms with van der Waals surface area (Å²) >= 11 is 5.75. The summed E-state index contributed by atoms with van der Waals surface area (Å²) in [5.41, 5.74) is 0.383. The Labute approximate surface area is 110 Å². The van der Waals surface area contributed by atoms with E-state index in [1.54, 1.807) is 6.92 Å². The molecule has 1 aromatic carbocycles. The molecule has 0 saturated heterocycles. The highest BCUT2D eigenvalue weighted by Gasteiger charge is 2.22. The zero-order valence-electron chi connectivity index (χ0n) is 9.87. The molecule has 0 fully saturated rings. The third-order valence-electron chi connectivity index (χ3n) is 2.15. The lowest BCUT2D eigenvalue weighted by Crippen LogP contribution is -2.30. The van der Waals surface area contributed by atoms with Crippen LogP contribution in [0, 0.1) is 18.2 Å². The average Bonchev–Trinajstić information content (AvgIpc) is 2.28. The third kappa shape index (κ3) is 4.02. The molecule has 1 rings (SSSR count). The number of hydrogen-bond acceptors (Lipinski definition) is 3. The van der Waals surface area contributed by atoms with E-state index >= 15 is 0 Å². The molecule has 0 aliphatic rings. The van der Waals surface area contributed by atoms with Crippen LogP contribution in [0.3, 0.4) is 0 Å². The molecule has 0 aliphatic heterocycles. The maximum Gasteiger partial charge on any atom is 0.327 e. The van der Waals surface area contributed by atoms with Crippen molar-refractivity contribution in [3.8, 4) is 12.3 Å². The number of benzene rings is 1. The minimum atomic E-state index is -0.825. The normalized spacial score (nSPS) is 11.7. The van der Waals surface area contributed by atoms with Gasteiger partial charge < -0.3 is 4.74 Å². The number of halogens is 2. The van der Waals surface area contributed by atoms with Gasteiger partial charge in [-0.05, 0) is 30.7 Å². The molecule has 0 amide bonds. The number of terminal acetylenes is 1. The summed E-state index contributed by atoms with van der Waals surface area (Å²) in [4.78, 5) is 11.8. The molecule has 0 aliphatic carbocycles. The number of rotatable bonds is 5. The quantitative estimate of drug-likeness (QED) is 0.658. The van der Waals surface area contributed by atoms with Crippen molar-refractivity contribution in [2.45, 2.75) is 13.0 Å². The largest absolute Gasteiger partial charge is 0.465 e. The highest BCUT2D eigenvalue weighted by molar-refractivity contribution is 6.30. The van der Waals surface area contributed by atoms with Crippen LogP contribution in [0.1, 0.15) is 18.5 Å². The Bertz CT molecular complexity index is 450. The van der Waals surface area contributed by atoms with Crippen molar-refractivity contribution in [2.24, 2.45) is 0 Å². The standard InChI is InChI=1S/C13H13ClFNO2/c1-3-5-16-12(13(17)18-4-2)9-6-10(14)8-11(15)7-9/h1,6-8,12,16H,4-5H2,2H3. The van der Waals surface area contributed by atoms with E-state index in [2.05, 4.69) is 11.2 Å². The van der Waals surface area contributed by atoms with Crippen LogP contribution in [-0.2, 0) is 9.53 Å². The number of carbonyl (C=O) groups is 1. The van der Waals surface area contributed by atoms with E-state index < -0.39 is 17.8 Å². The van der Waals surface area contributed by atoms with Gasteiger partial charge in [0.2, 0.25) is 0 Å². The monoisotopic (exact) mass is 269 g/mol. The molecule has 1 N–H and O–H groups in total. The zero-order chi connectivity index (χ0) is 13.5. The first kappa shape index (κ1) is 14.5. The van der Waals surface area contributed by atoms with Crippen molar-refractivity contribution in [3.05, 3.63) is 34.6 Å². The lowest BCUT2D eigenvalue weighted by atomic mass is 10.1. The second kappa shape index (κ2) is 7.00. The smallest absolute Gasteiger partial charge is 0.327 e. The number of nitrogens with one attached hydrogen (secondary N) is 1. The van der Waals surface area contributed by atoms with Crippen LogP contribution >= 0.6 is 11.6 Å². The van der Waals surface area contributed by atoms with E-state index in [1.165, 1.54) is 12.1 Å². The third-order valence-corrected chi connectivity index (χ3v) is 2.37. The van der Waals surface area contributed by atoms with Crippen molar-refractivity contribution in [3.63, 3.8) is 0 Å². The van der Waals surface area contributed by atoms with Crippen LogP contribution in [0.25, 0.3) is 0 Å². The minimum absolute atomic E-state index is 0.164. The maximum absolute atomic E-state index is 13.3. The molecular formula is C13H13ClFNO2. The topological polar surface area (TPSA) is 38.3 Å². The highest BCUT2D eigenvalue weighted by Crippen LogP contribution is 2.21. The fourth-order valence-electron chi connectivity index (χ4n) is 1.47. The molecule has 0 aromatic heterocycles. The van der Waals surface area contributed by atoms with Gasteiger partial charge in [-0.2, -0.15) is 0 Å². The van der Waals surface area contributed by atoms with E-state index in [0.29, 0.717) is 5.56 Å². The van der Waals surface area contributed by atoms with Crippen molar-refractivity contribution < 1.29 is 13.9 Å². The molecule has 1 atom stereocenters. The molecule has 0 heterocycles. The Morgan fingerprint density at radius 1 is 1.61 bits per heavy atom. The van der Waals surface area contributed by atoms with Gasteiger partial charge in [0.05, 0.1) is 13.2 Å². The van der Waals surface area contributed by atoms with Crippen LogP contribution in [0.4, 0.5) is 4.39 Å². The van der Waals surface area contributed by atoms with Crippen LogP contribution < -0.4 is 5.32 Å². The molecule has 1 aromatic rings. The molecule has 96 valence electrons. The van der Waals surface area contributed by atoms with Gasteiger partial charge in [0.15, 0.2) is 0 Å². The second-order valence-electron chi connectivity index (χ2n) is 3.47. The SMILES string of the molecule is C#CCNC(C(=O)OCC)c1cc(F)cc(Cl)c1. The molecule has 0 saturated carbocycles. The summed E-state index contributed by atoms with van der Waals surface area (Å²) in [6.45, 7) is 2.09. The summed E-state index contributed by atoms with van der Waals surface area (Å²) < 4.78 is 18.2. The first-order valence-corrected chi connectivity index (χ1v) is 5.75. The van der Waals surface area contributed by atoms with Gasteiger partial charge in [-0.25, -0.2) is 9.18 Å². The minimum Gasteiger partial charge on any atom is -0.465 e. The van der Waals surface area contributed by atoms with Crippen molar-refractivity contribution in [2.75, 3.05) is 13.2 Å². The highest BCUT2D eigenvalue weighted by atomic mass is 35.5. The van der Waals surface area contributed by atoms with Crippen LogP contribution in [0.2, 0.25) is 5.02 Å². The number of hydrogen-bond donors (Lipinski definition) is 1. The van der Waals surface area contributed by atoms with Crippen LogP contribution in [0.5, 0.6) is 0 Å². The molecule has 3 nitrogen and oxygen atoms in total. The van der Waals surface area contributed by atoms with Crippen LogP contribution in [0.15, 0.2) is 18.2 Å². The van der Waals surface area contributed by atoms with E-state index in [4.69, 9.17) is 22.8 Å². The molecule has 0 spiro atoms. The maximum atomic E-state index is 13.3. The number of carbonyl (C=O) groups excluding carboxylic acids is 1. The van der Waals surface area contributed by atoms with Gasteiger partial charge in [-0.3, -0.25) is 5.32 Å². The van der Waals surface area contributed by atoms with E-state index in [9.17, 15) is 9.18 Å². The Kier molecular flexibility index (Phi) is 5.63. The second-order valence-corrected chi connectivity index (χ2v) is 3.91. The van der Waals surface area contributed by atoms with Crippen LogP contribution in [-0.4, -0.2) is 19.1 Å². The van der Waals surface area contributed by atoms with E-state index in [-0.39, 0.29) is 18.2 Å². The van der Waals surface area contributed by atoms with Crippen molar-refractivity contribution in [1.29, 1.82) is 0 Å².